The number of piperidine rings is 1. The molecule has 7 heteroatoms. The second-order valence-corrected chi connectivity index (χ2v) is 6.47. The first-order valence-electron chi connectivity index (χ1n) is 8.51. The Morgan fingerprint density at radius 2 is 2.29 bits per heavy atom. The van der Waals surface area contributed by atoms with Crippen molar-refractivity contribution in [1.82, 2.24) is 25.0 Å². The lowest BCUT2D eigenvalue weighted by molar-refractivity contribution is 0.0701. The Kier molecular flexibility index (Phi) is 4.87. The zero-order valence-electron chi connectivity index (χ0n) is 14.4. The van der Waals surface area contributed by atoms with Crippen LogP contribution >= 0.6 is 0 Å². The van der Waals surface area contributed by atoms with Crippen LogP contribution < -0.4 is 0 Å². The molecule has 1 aliphatic rings. The molecule has 0 saturated carbocycles. The summed E-state index contributed by atoms with van der Waals surface area (Å²) in [5.74, 6) is 1.67. The highest BCUT2D eigenvalue weighted by Gasteiger charge is 2.29. The van der Waals surface area contributed by atoms with Gasteiger partial charge in [-0.3, -0.25) is 4.79 Å². The van der Waals surface area contributed by atoms with E-state index in [1.807, 2.05) is 25.7 Å². The van der Waals surface area contributed by atoms with Gasteiger partial charge in [0.25, 0.3) is 5.91 Å². The number of amides is 1. The summed E-state index contributed by atoms with van der Waals surface area (Å²) in [6.07, 6.45) is 5.71. The van der Waals surface area contributed by atoms with Gasteiger partial charge in [0.15, 0.2) is 5.82 Å². The van der Waals surface area contributed by atoms with Crippen molar-refractivity contribution in [3.05, 3.63) is 35.5 Å². The highest BCUT2D eigenvalue weighted by molar-refractivity contribution is 5.95. The van der Waals surface area contributed by atoms with Gasteiger partial charge in [-0.2, -0.15) is 4.98 Å². The molecule has 2 aromatic rings. The van der Waals surface area contributed by atoms with Crippen LogP contribution in [0.5, 0.6) is 0 Å². The average molecular weight is 329 g/mol. The van der Waals surface area contributed by atoms with Crippen molar-refractivity contribution in [2.75, 3.05) is 13.1 Å². The molecule has 1 saturated heterocycles. The summed E-state index contributed by atoms with van der Waals surface area (Å²) in [6, 6.07) is 0. The Balaban J connectivity index is 1.76. The molecule has 3 rings (SSSR count). The first-order chi connectivity index (χ1) is 11.6. The van der Waals surface area contributed by atoms with E-state index in [9.17, 15) is 4.79 Å². The van der Waals surface area contributed by atoms with Crippen LogP contribution in [0.4, 0.5) is 0 Å². The molecule has 1 fully saturated rings. The molecule has 1 amide bonds. The minimum atomic E-state index is -0.00951. The molecule has 0 unspecified atom stereocenters. The summed E-state index contributed by atoms with van der Waals surface area (Å²) < 4.78 is 5.31. The van der Waals surface area contributed by atoms with E-state index in [1.165, 1.54) is 6.33 Å². The summed E-state index contributed by atoms with van der Waals surface area (Å²) >= 11 is 0. The molecule has 128 valence electrons. The highest BCUT2D eigenvalue weighted by Crippen LogP contribution is 2.27. The first-order valence-corrected chi connectivity index (χ1v) is 8.51. The van der Waals surface area contributed by atoms with E-state index >= 15 is 0 Å². The number of hydrogen-bond donors (Lipinski definition) is 0. The third kappa shape index (κ3) is 3.29. The van der Waals surface area contributed by atoms with Gasteiger partial charge in [0, 0.05) is 31.1 Å². The highest BCUT2D eigenvalue weighted by atomic mass is 16.5. The molecule has 0 aromatic carbocycles. The first kappa shape index (κ1) is 16.5. The van der Waals surface area contributed by atoms with Gasteiger partial charge >= 0.3 is 0 Å². The molecule has 0 N–H and O–H groups in total. The summed E-state index contributed by atoms with van der Waals surface area (Å²) in [4.78, 5) is 27.4. The Bertz CT molecular complexity index is 713. The second-order valence-electron chi connectivity index (χ2n) is 6.47. The molecular weight excluding hydrogens is 306 g/mol. The van der Waals surface area contributed by atoms with Gasteiger partial charge in [-0.25, -0.2) is 9.97 Å². The molecule has 3 heterocycles. The van der Waals surface area contributed by atoms with Crippen molar-refractivity contribution < 1.29 is 9.32 Å². The summed E-state index contributed by atoms with van der Waals surface area (Å²) in [5, 5.41) is 4.11. The number of hydrogen-bond acceptors (Lipinski definition) is 6. The van der Waals surface area contributed by atoms with Crippen LogP contribution in [-0.4, -0.2) is 44.0 Å². The van der Waals surface area contributed by atoms with Crippen LogP contribution in [0.25, 0.3) is 0 Å². The minimum absolute atomic E-state index is 0.00951. The van der Waals surface area contributed by atoms with E-state index in [0.29, 0.717) is 30.2 Å². The van der Waals surface area contributed by atoms with Crippen molar-refractivity contribution in [3.63, 3.8) is 0 Å². The number of rotatable bonds is 4. The van der Waals surface area contributed by atoms with Crippen LogP contribution in [-0.2, 0) is 6.42 Å². The van der Waals surface area contributed by atoms with Gasteiger partial charge in [-0.1, -0.05) is 25.9 Å². The maximum Gasteiger partial charge on any atom is 0.257 e. The Morgan fingerprint density at radius 1 is 1.46 bits per heavy atom. The molecule has 7 nitrogen and oxygen atoms in total. The Labute approximate surface area is 141 Å². The van der Waals surface area contributed by atoms with Gasteiger partial charge < -0.3 is 9.42 Å². The zero-order chi connectivity index (χ0) is 17.1. The van der Waals surface area contributed by atoms with E-state index in [-0.39, 0.29) is 17.7 Å². The summed E-state index contributed by atoms with van der Waals surface area (Å²) in [5.41, 5.74) is 1.38. The van der Waals surface area contributed by atoms with Gasteiger partial charge in [0.05, 0.1) is 11.3 Å². The second kappa shape index (κ2) is 7.07. The predicted molar refractivity (Wildman–Crippen MR) is 87.7 cm³/mol. The predicted octanol–water partition coefficient (Wildman–Crippen LogP) is 2.57. The van der Waals surface area contributed by atoms with Crippen molar-refractivity contribution >= 4 is 5.91 Å². The lowest BCUT2D eigenvalue weighted by Crippen LogP contribution is -2.40. The Morgan fingerprint density at radius 3 is 3.00 bits per heavy atom. The number of aryl methyl sites for hydroxylation is 1. The SMILES string of the molecule is CCc1ncncc1C(=O)N1CCC[C@H](c2noc(C(C)C)n2)C1. The fraction of sp³-hybridized carbons (Fsp3) is 0.588. The molecule has 0 aliphatic carbocycles. The molecule has 24 heavy (non-hydrogen) atoms. The number of nitrogens with zero attached hydrogens (tertiary/aromatic N) is 5. The van der Waals surface area contributed by atoms with Crippen LogP contribution in [0.15, 0.2) is 17.0 Å². The summed E-state index contributed by atoms with van der Waals surface area (Å²) in [7, 11) is 0. The topological polar surface area (TPSA) is 85.0 Å². The average Bonchev–Trinajstić information content (AvgIpc) is 3.11. The maximum absolute atomic E-state index is 12.9. The fourth-order valence-electron chi connectivity index (χ4n) is 3.01. The van der Waals surface area contributed by atoms with Gasteiger partial charge in [-0.15, -0.1) is 0 Å². The number of likely N-dealkylation sites (tertiary alicyclic amines) is 1. The molecule has 0 radical (unpaired) electrons. The number of carbonyl (C=O) groups is 1. The van der Waals surface area contributed by atoms with E-state index in [4.69, 9.17) is 4.52 Å². The molecular formula is C17H23N5O2. The molecule has 1 aliphatic heterocycles. The third-order valence-corrected chi connectivity index (χ3v) is 4.39. The van der Waals surface area contributed by atoms with E-state index in [1.54, 1.807) is 6.20 Å². The zero-order valence-corrected chi connectivity index (χ0v) is 14.4. The molecule has 0 spiro atoms. The fourth-order valence-corrected chi connectivity index (χ4v) is 3.01. The van der Waals surface area contributed by atoms with E-state index in [0.717, 1.165) is 25.1 Å². The standard InChI is InChI=1S/C17H23N5O2/c1-4-14-13(8-18-10-19-14)17(23)22-7-5-6-12(9-22)15-20-16(11(2)3)24-21-15/h8,10-12H,4-7,9H2,1-3H3/t12-/m0/s1. The molecule has 0 bridgehead atoms. The lowest BCUT2D eigenvalue weighted by Gasteiger charge is -2.31. The van der Waals surface area contributed by atoms with Gasteiger partial charge in [0.2, 0.25) is 5.89 Å². The minimum Gasteiger partial charge on any atom is -0.339 e. The van der Waals surface area contributed by atoms with Crippen LogP contribution in [0, 0.1) is 0 Å². The van der Waals surface area contributed by atoms with Crippen molar-refractivity contribution in [3.8, 4) is 0 Å². The van der Waals surface area contributed by atoms with Crippen LogP contribution in [0.2, 0.25) is 0 Å². The number of aromatic nitrogens is 4. The summed E-state index contributed by atoms with van der Waals surface area (Å²) in [6.45, 7) is 7.38. The quantitative estimate of drug-likeness (QED) is 0.857. The van der Waals surface area contributed by atoms with Gasteiger partial charge in [-0.05, 0) is 19.3 Å². The van der Waals surface area contributed by atoms with Crippen molar-refractivity contribution in [1.29, 1.82) is 0 Å². The van der Waals surface area contributed by atoms with Crippen LogP contribution in [0.1, 0.15) is 73.2 Å². The Hall–Kier alpha value is -2.31. The van der Waals surface area contributed by atoms with Crippen molar-refractivity contribution in [2.45, 2.75) is 51.9 Å². The lowest BCUT2D eigenvalue weighted by atomic mass is 9.96. The molecule has 1 atom stereocenters. The smallest absolute Gasteiger partial charge is 0.257 e. The third-order valence-electron chi connectivity index (χ3n) is 4.39. The van der Waals surface area contributed by atoms with E-state index < -0.39 is 0 Å². The van der Waals surface area contributed by atoms with Crippen molar-refractivity contribution in [2.24, 2.45) is 0 Å². The molecule has 2 aromatic heterocycles. The number of carbonyl (C=O) groups excluding carboxylic acids is 1. The maximum atomic E-state index is 12.9. The van der Waals surface area contributed by atoms with Crippen LogP contribution in [0.3, 0.4) is 0 Å². The largest absolute Gasteiger partial charge is 0.339 e. The van der Waals surface area contributed by atoms with Gasteiger partial charge in [0.1, 0.15) is 6.33 Å². The normalized spacial score (nSPS) is 18.2. The monoisotopic (exact) mass is 329 g/mol. The van der Waals surface area contributed by atoms with E-state index in [2.05, 4.69) is 20.1 Å².